The Hall–Kier alpha value is -1.76. The summed E-state index contributed by atoms with van der Waals surface area (Å²) in [5.74, 6) is 0.148. The molecule has 126 valence electrons. The molecule has 0 saturated carbocycles. The molecule has 2 aliphatic heterocycles. The van der Waals surface area contributed by atoms with Crippen LogP contribution in [0.15, 0.2) is 24.3 Å². The Kier molecular flexibility index (Phi) is 4.48. The van der Waals surface area contributed by atoms with E-state index in [0.29, 0.717) is 26.2 Å². The maximum Gasteiger partial charge on any atom is 0.416 e. The Morgan fingerprint density at radius 3 is 2.26 bits per heavy atom. The summed E-state index contributed by atoms with van der Waals surface area (Å²) in [6.07, 6.45) is -2.39. The fourth-order valence-corrected chi connectivity index (χ4v) is 3.16. The van der Waals surface area contributed by atoms with E-state index in [1.807, 2.05) is 9.80 Å². The third kappa shape index (κ3) is 3.60. The number of hydrogen-bond acceptors (Lipinski definition) is 3. The summed E-state index contributed by atoms with van der Waals surface area (Å²) >= 11 is 0. The van der Waals surface area contributed by atoms with Gasteiger partial charge in [-0.25, -0.2) is 0 Å². The van der Waals surface area contributed by atoms with E-state index in [2.05, 4.69) is 5.32 Å². The molecule has 0 aliphatic carbocycles. The molecule has 2 fully saturated rings. The normalized spacial score (nSPS) is 22.5. The van der Waals surface area contributed by atoms with E-state index in [4.69, 9.17) is 0 Å². The first-order valence-corrected chi connectivity index (χ1v) is 7.89. The van der Waals surface area contributed by atoms with Crippen molar-refractivity contribution < 1.29 is 18.0 Å². The molecule has 0 unspecified atom stereocenters. The van der Waals surface area contributed by atoms with Crippen molar-refractivity contribution >= 4 is 11.6 Å². The maximum absolute atomic E-state index is 12.6. The van der Waals surface area contributed by atoms with E-state index in [1.165, 1.54) is 12.1 Å². The average Bonchev–Trinajstić information content (AvgIpc) is 3.08. The van der Waals surface area contributed by atoms with Gasteiger partial charge in [-0.3, -0.25) is 4.79 Å². The highest BCUT2D eigenvalue weighted by molar-refractivity contribution is 5.82. The Balaban J connectivity index is 1.57. The highest BCUT2D eigenvalue weighted by Gasteiger charge is 2.31. The summed E-state index contributed by atoms with van der Waals surface area (Å²) in [5.41, 5.74) is 0.131. The van der Waals surface area contributed by atoms with Crippen LogP contribution >= 0.6 is 0 Å². The first kappa shape index (κ1) is 16.1. The van der Waals surface area contributed by atoms with Gasteiger partial charge in [-0.05, 0) is 43.7 Å². The number of amides is 1. The second-order valence-corrected chi connectivity index (χ2v) is 6.01. The summed E-state index contributed by atoms with van der Waals surface area (Å²) in [5, 5.41) is 3.21. The van der Waals surface area contributed by atoms with Gasteiger partial charge in [0, 0.05) is 31.9 Å². The van der Waals surface area contributed by atoms with Crippen LogP contribution in [0.3, 0.4) is 0 Å². The molecule has 0 bridgehead atoms. The van der Waals surface area contributed by atoms with Gasteiger partial charge in [0.05, 0.1) is 11.6 Å². The van der Waals surface area contributed by atoms with Crippen LogP contribution < -0.4 is 10.2 Å². The standard InChI is InChI=1S/C16H20F3N3O/c17-16(18,19)12-3-5-13(6-4-12)21-8-10-22(11-9-21)15(23)14-2-1-7-20-14/h3-6,14,20H,1-2,7-11H2/t14-/m0/s1. The lowest BCUT2D eigenvalue weighted by Crippen LogP contribution is -2.53. The van der Waals surface area contributed by atoms with Crippen LogP contribution in [0, 0.1) is 0 Å². The van der Waals surface area contributed by atoms with Crippen LogP contribution in [0.4, 0.5) is 18.9 Å². The van der Waals surface area contributed by atoms with Crippen molar-refractivity contribution in [2.45, 2.75) is 25.1 Å². The molecule has 0 spiro atoms. The summed E-state index contributed by atoms with van der Waals surface area (Å²) in [4.78, 5) is 16.2. The number of benzene rings is 1. The number of carbonyl (C=O) groups excluding carboxylic acids is 1. The number of piperazine rings is 1. The number of carbonyl (C=O) groups is 1. The summed E-state index contributed by atoms with van der Waals surface area (Å²) in [6.45, 7) is 3.39. The Labute approximate surface area is 133 Å². The van der Waals surface area contributed by atoms with E-state index in [-0.39, 0.29) is 11.9 Å². The van der Waals surface area contributed by atoms with E-state index < -0.39 is 11.7 Å². The van der Waals surface area contributed by atoms with Crippen molar-refractivity contribution in [2.75, 3.05) is 37.6 Å². The van der Waals surface area contributed by atoms with Crippen LogP contribution in [-0.4, -0.2) is 49.6 Å². The smallest absolute Gasteiger partial charge is 0.368 e. The molecule has 1 aromatic rings. The monoisotopic (exact) mass is 327 g/mol. The number of nitrogens with one attached hydrogen (secondary N) is 1. The van der Waals surface area contributed by atoms with Crippen molar-refractivity contribution in [3.05, 3.63) is 29.8 Å². The molecular formula is C16H20F3N3O. The summed E-state index contributed by atoms with van der Waals surface area (Å²) in [6, 6.07) is 5.15. The number of halogens is 3. The first-order chi connectivity index (χ1) is 10.9. The lowest BCUT2D eigenvalue weighted by Gasteiger charge is -2.37. The third-order valence-electron chi connectivity index (χ3n) is 4.51. The second-order valence-electron chi connectivity index (χ2n) is 6.01. The number of alkyl halides is 3. The van der Waals surface area contributed by atoms with Crippen LogP contribution in [0.25, 0.3) is 0 Å². The van der Waals surface area contributed by atoms with Gasteiger partial charge in [0.25, 0.3) is 0 Å². The molecule has 1 atom stereocenters. The molecular weight excluding hydrogens is 307 g/mol. The van der Waals surface area contributed by atoms with E-state index in [1.54, 1.807) is 0 Å². The fourth-order valence-electron chi connectivity index (χ4n) is 3.16. The van der Waals surface area contributed by atoms with Gasteiger partial charge in [0.1, 0.15) is 0 Å². The van der Waals surface area contributed by atoms with Crippen molar-refractivity contribution in [3.63, 3.8) is 0 Å². The molecule has 1 amide bonds. The number of anilines is 1. The largest absolute Gasteiger partial charge is 0.416 e. The van der Waals surface area contributed by atoms with Crippen molar-refractivity contribution in [1.82, 2.24) is 10.2 Å². The molecule has 4 nitrogen and oxygen atoms in total. The Morgan fingerprint density at radius 2 is 1.74 bits per heavy atom. The second kappa shape index (κ2) is 6.39. The zero-order valence-corrected chi connectivity index (χ0v) is 12.8. The number of hydrogen-bond donors (Lipinski definition) is 1. The van der Waals surface area contributed by atoms with Crippen LogP contribution in [0.2, 0.25) is 0 Å². The van der Waals surface area contributed by atoms with Gasteiger partial charge < -0.3 is 15.1 Å². The predicted octanol–water partition coefficient (Wildman–Crippen LogP) is 2.11. The van der Waals surface area contributed by atoms with Gasteiger partial charge in [-0.1, -0.05) is 0 Å². The van der Waals surface area contributed by atoms with Gasteiger partial charge in [-0.15, -0.1) is 0 Å². The molecule has 23 heavy (non-hydrogen) atoms. The minimum absolute atomic E-state index is 0.0624. The van der Waals surface area contributed by atoms with E-state index in [9.17, 15) is 18.0 Å². The maximum atomic E-state index is 12.6. The summed E-state index contributed by atoms with van der Waals surface area (Å²) in [7, 11) is 0. The SMILES string of the molecule is O=C([C@@H]1CCCN1)N1CCN(c2ccc(C(F)(F)F)cc2)CC1. The van der Waals surface area contributed by atoms with Crippen LogP contribution in [0.1, 0.15) is 18.4 Å². The van der Waals surface area contributed by atoms with Crippen molar-refractivity contribution in [1.29, 1.82) is 0 Å². The van der Waals surface area contributed by atoms with Gasteiger partial charge >= 0.3 is 6.18 Å². The first-order valence-electron chi connectivity index (χ1n) is 7.89. The minimum atomic E-state index is -4.31. The van der Waals surface area contributed by atoms with E-state index in [0.717, 1.165) is 37.2 Å². The van der Waals surface area contributed by atoms with E-state index >= 15 is 0 Å². The lowest BCUT2D eigenvalue weighted by molar-refractivity contribution is -0.137. The molecule has 1 aromatic carbocycles. The Morgan fingerprint density at radius 1 is 1.09 bits per heavy atom. The zero-order valence-electron chi connectivity index (χ0n) is 12.8. The van der Waals surface area contributed by atoms with Gasteiger partial charge in [0.2, 0.25) is 5.91 Å². The topological polar surface area (TPSA) is 35.6 Å². The number of rotatable bonds is 2. The van der Waals surface area contributed by atoms with Crippen molar-refractivity contribution in [2.24, 2.45) is 0 Å². The van der Waals surface area contributed by atoms with Crippen LogP contribution in [-0.2, 0) is 11.0 Å². The third-order valence-corrected chi connectivity index (χ3v) is 4.51. The molecule has 7 heteroatoms. The fraction of sp³-hybridized carbons (Fsp3) is 0.562. The molecule has 0 radical (unpaired) electrons. The molecule has 3 rings (SSSR count). The molecule has 2 saturated heterocycles. The summed E-state index contributed by atoms with van der Waals surface area (Å²) < 4.78 is 37.8. The predicted molar refractivity (Wildman–Crippen MR) is 81.3 cm³/mol. The Bertz CT molecular complexity index is 545. The highest BCUT2D eigenvalue weighted by Crippen LogP contribution is 2.30. The lowest BCUT2D eigenvalue weighted by atomic mass is 10.1. The molecule has 2 aliphatic rings. The van der Waals surface area contributed by atoms with Crippen LogP contribution in [0.5, 0.6) is 0 Å². The van der Waals surface area contributed by atoms with Gasteiger partial charge in [0.15, 0.2) is 0 Å². The molecule has 0 aromatic heterocycles. The average molecular weight is 327 g/mol. The minimum Gasteiger partial charge on any atom is -0.368 e. The molecule has 2 heterocycles. The highest BCUT2D eigenvalue weighted by atomic mass is 19.4. The van der Waals surface area contributed by atoms with Gasteiger partial charge in [-0.2, -0.15) is 13.2 Å². The zero-order chi connectivity index (χ0) is 16.4. The molecule has 1 N–H and O–H groups in total. The van der Waals surface area contributed by atoms with Crippen molar-refractivity contribution in [3.8, 4) is 0 Å². The number of nitrogens with zero attached hydrogens (tertiary/aromatic N) is 2. The quantitative estimate of drug-likeness (QED) is 0.904.